The van der Waals surface area contributed by atoms with Crippen LogP contribution >= 0.6 is 0 Å². The van der Waals surface area contributed by atoms with Gasteiger partial charge in [-0.3, -0.25) is 14.3 Å². The van der Waals surface area contributed by atoms with Crippen molar-refractivity contribution in [1.82, 2.24) is 15.1 Å². The lowest BCUT2D eigenvalue weighted by atomic mass is 9.78. The van der Waals surface area contributed by atoms with Gasteiger partial charge in [0.1, 0.15) is 12.0 Å². The Morgan fingerprint density at radius 2 is 1.85 bits per heavy atom. The van der Waals surface area contributed by atoms with Crippen LogP contribution in [-0.4, -0.2) is 33.3 Å². The Balaban J connectivity index is 2.08. The number of amides is 1. The second-order valence-corrected chi connectivity index (χ2v) is 5.78. The van der Waals surface area contributed by atoms with Crippen LogP contribution in [0.2, 0.25) is 0 Å². The van der Waals surface area contributed by atoms with Crippen LogP contribution in [0.5, 0.6) is 0 Å². The summed E-state index contributed by atoms with van der Waals surface area (Å²) in [6.07, 6.45) is -3.31. The number of hydrogen-bond donors (Lipinski definition) is 2. The summed E-state index contributed by atoms with van der Waals surface area (Å²) in [6.45, 7) is 1.07. The van der Waals surface area contributed by atoms with Gasteiger partial charge in [0.05, 0.1) is 0 Å². The van der Waals surface area contributed by atoms with Gasteiger partial charge in [0.15, 0.2) is 5.69 Å². The van der Waals surface area contributed by atoms with Gasteiger partial charge in [-0.25, -0.2) is 0 Å². The maximum Gasteiger partial charge on any atom is 0.435 e. The van der Waals surface area contributed by atoms with Gasteiger partial charge in [-0.2, -0.15) is 18.3 Å². The molecule has 0 saturated heterocycles. The molecule has 0 aliphatic rings. The molecule has 0 aliphatic heterocycles. The molecule has 2 rings (SSSR count). The van der Waals surface area contributed by atoms with E-state index in [2.05, 4.69) is 10.4 Å². The molecule has 26 heavy (non-hydrogen) atoms. The minimum atomic E-state index is -4.59. The fourth-order valence-corrected chi connectivity index (χ4v) is 2.59. The van der Waals surface area contributed by atoms with Gasteiger partial charge in [0.25, 0.3) is 0 Å². The Labute approximate surface area is 147 Å². The number of aromatic nitrogens is 2. The third-order valence-electron chi connectivity index (χ3n) is 4.16. The molecular weight excluding hydrogens is 351 g/mol. The number of carboxylic acid groups (broad SMARTS) is 1. The van der Waals surface area contributed by atoms with Crippen molar-refractivity contribution >= 4 is 11.9 Å². The maximum absolute atomic E-state index is 12.5. The minimum absolute atomic E-state index is 0.185. The van der Waals surface area contributed by atoms with Crippen LogP contribution in [0.15, 0.2) is 42.6 Å². The largest absolute Gasteiger partial charge is 0.481 e. The number of nitrogens with one attached hydrogen (secondary N) is 1. The van der Waals surface area contributed by atoms with Gasteiger partial charge in [0, 0.05) is 12.7 Å². The summed E-state index contributed by atoms with van der Waals surface area (Å²) in [6, 6.07) is 9.24. The number of carbonyl (C=O) groups is 2. The maximum atomic E-state index is 12.5. The molecule has 140 valence electrons. The summed E-state index contributed by atoms with van der Waals surface area (Å²) in [7, 11) is 0. The molecule has 0 fully saturated rings. The molecule has 6 nitrogen and oxygen atoms in total. The number of aliphatic carboxylic acids is 1. The third-order valence-corrected chi connectivity index (χ3v) is 4.16. The summed E-state index contributed by atoms with van der Waals surface area (Å²) >= 11 is 0. The highest BCUT2D eigenvalue weighted by Crippen LogP contribution is 2.28. The molecule has 1 atom stereocenters. The number of halogens is 3. The first kappa shape index (κ1) is 19.5. The molecule has 1 aromatic heterocycles. The summed E-state index contributed by atoms with van der Waals surface area (Å²) in [4.78, 5) is 23.9. The zero-order chi connectivity index (χ0) is 19.4. The van der Waals surface area contributed by atoms with Crippen LogP contribution in [0.3, 0.4) is 0 Å². The highest BCUT2D eigenvalue weighted by molar-refractivity contribution is 5.83. The summed E-state index contributed by atoms with van der Waals surface area (Å²) in [5, 5.41) is 15.5. The van der Waals surface area contributed by atoms with E-state index in [1.165, 1.54) is 0 Å². The molecule has 0 saturated carbocycles. The zero-order valence-electron chi connectivity index (χ0n) is 14.0. The molecule has 0 spiro atoms. The fraction of sp³-hybridized carbons (Fsp3) is 0.353. The number of carboxylic acids is 1. The molecule has 0 radical (unpaired) electrons. The van der Waals surface area contributed by atoms with Crippen LogP contribution in [0.1, 0.15) is 24.6 Å². The van der Waals surface area contributed by atoms with Crippen molar-refractivity contribution in [1.29, 1.82) is 0 Å². The van der Waals surface area contributed by atoms with Crippen molar-refractivity contribution in [2.45, 2.75) is 31.5 Å². The van der Waals surface area contributed by atoms with Gasteiger partial charge in [-0.1, -0.05) is 37.3 Å². The quantitative estimate of drug-likeness (QED) is 0.785. The van der Waals surface area contributed by atoms with E-state index < -0.39 is 35.7 Å². The molecule has 0 bridgehead atoms. The Morgan fingerprint density at radius 1 is 1.19 bits per heavy atom. The lowest BCUT2D eigenvalue weighted by molar-refractivity contribution is -0.144. The van der Waals surface area contributed by atoms with Crippen LogP contribution in [0.25, 0.3) is 0 Å². The van der Waals surface area contributed by atoms with E-state index in [0.717, 1.165) is 16.9 Å². The van der Waals surface area contributed by atoms with Crippen molar-refractivity contribution in [2.24, 2.45) is 0 Å². The number of benzene rings is 1. The highest BCUT2D eigenvalue weighted by atomic mass is 19.4. The summed E-state index contributed by atoms with van der Waals surface area (Å²) in [5.41, 5.74) is -1.88. The summed E-state index contributed by atoms with van der Waals surface area (Å²) in [5.74, 6) is -1.72. The average molecular weight is 369 g/mol. The monoisotopic (exact) mass is 369 g/mol. The van der Waals surface area contributed by atoms with Gasteiger partial charge >= 0.3 is 12.1 Å². The van der Waals surface area contributed by atoms with Crippen molar-refractivity contribution < 1.29 is 27.9 Å². The fourth-order valence-electron chi connectivity index (χ4n) is 2.59. The van der Waals surface area contributed by atoms with E-state index in [4.69, 9.17) is 0 Å². The molecular formula is C17H18F3N3O3. The number of hydrogen-bond acceptors (Lipinski definition) is 3. The molecule has 1 unspecified atom stereocenters. The first-order chi connectivity index (χ1) is 12.2. The molecule has 9 heteroatoms. The van der Waals surface area contributed by atoms with Crippen molar-refractivity contribution in [3.63, 3.8) is 0 Å². The predicted octanol–water partition coefficient (Wildman–Crippen LogP) is 2.45. The number of carbonyl (C=O) groups excluding carboxylic acids is 1. The van der Waals surface area contributed by atoms with Crippen molar-refractivity contribution in [2.75, 3.05) is 6.54 Å². The predicted molar refractivity (Wildman–Crippen MR) is 86.3 cm³/mol. The average Bonchev–Trinajstić information content (AvgIpc) is 3.05. The van der Waals surface area contributed by atoms with Crippen molar-refractivity contribution in [3.05, 3.63) is 53.9 Å². The van der Waals surface area contributed by atoms with E-state index in [0.29, 0.717) is 5.56 Å². The molecule has 1 aromatic carbocycles. The Bertz CT molecular complexity index is 774. The SMILES string of the molecule is CCC(CNC(=O)Cn1ccc(C(F)(F)F)n1)(C(=O)O)c1ccccc1. The molecule has 2 N–H and O–H groups in total. The lowest BCUT2D eigenvalue weighted by Gasteiger charge is -2.29. The van der Waals surface area contributed by atoms with Gasteiger partial charge in [0.2, 0.25) is 5.91 Å². The molecule has 1 heterocycles. The lowest BCUT2D eigenvalue weighted by Crippen LogP contribution is -2.47. The number of rotatable bonds is 7. The van der Waals surface area contributed by atoms with Gasteiger partial charge < -0.3 is 10.4 Å². The first-order valence-corrected chi connectivity index (χ1v) is 7.85. The van der Waals surface area contributed by atoms with Crippen molar-refractivity contribution in [3.8, 4) is 0 Å². The third kappa shape index (κ3) is 4.22. The van der Waals surface area contributed by atoms with E-state index in [1.54, 1.807) is 37.3 Å². The normalized spacial score (nSPS) is 13.8. The van der Waals surface area contributed by atoms with Crippen LogP contribution in [0, 0.1) is 0 Å². The van der Waals surface area contributed by atoms with Crippen LogP contribution < -0.4 is 5.32 Å². The minimum Gasteiger partial charge on any atom is -0.481 e. The second kappa shape index (κ2) is 7.59. The molecule has 0 aliphatic carbocycles. The first-order valence-electron chi connectivity index (χ1n) is 7.85. The zero-order valence-corrected chi connectivity index (χ0v) is 14.0. The smallest absolute Gasteiger partial charge is 0.435 e. The van der Waals surface area contributed by atoms with Crippen LogP contribution in [0.4, 0.5) is 13.2 Å². The number of alkyl halides is 3. The second-order valence-electron chi connectivity index (χ2n) is 5.78. The van der Waals surface area contributed by atoms with E-state index in [9.17, 15) is 27.9 Å². The van der Waals surface area contributed by atoms with E-state index >= 15 is 0 Å². The summed E-state index contributed by atoms with van der Waals surface area (Å²) < 4.78 is 38.4. The van der Waals surface area contributed by atoms with E-state index in [-0.39, 0.29) is 13.0 Å². The number of nitrogens with zero attached hydrogens (tertiary/aromatic N) is 2. The molecule has 1 amide bonds. The van der Waals surface area contributed by atoms with Gasteiger partial charge in [-0.05, 0) is 18.1 Å². The van der Waals surface area contributed by atoms with Gasteiger partial charge in [-0.15, -0.1) is 0 Å². The Morgan fingerprint density at radius 3 is 2.35 bits per heavy atom. The van der Waals surface area contributed by atoms with E-state index in [1.807, 2.05) is 0 Å². The topological polar surface area (TPSA) is 84.2 Å². The Kier molecular flexibility index (Phi) is 5.69. The Hall–Kier alpha value is -2.84. The standard InChI is InChI=1S/C17H18F3N3O3/c1-2-16(15(25)26,12-6-4-3-5-7-12)11-21-14(24)10-23-9-8-13(22-23)17(18,19)20/h3-9H,2,10-11H2,1H3,(H,21,24)(H,25,26). The molecule has 2 aromatic rings. The van der Waals surface area contributed by atoms with Crippen LogP contribution in [-0.2, 0) is 27.7 Å². The highest BCUT2D eigenvalue weighted by Gasteiger charge is 2.39.